The summed E-state index contributed by atoms with van der Waals surface area (Å²) in [7, 11) is 1.63. The van der Waals surface area contributed by atoms with Crippen molar-refractivity contribution in [3.63, 3.8) is 0 Å². The summed E-state index contributed by atoms with van der Waals surface area (Å²) in [6.07, 6.45) is 4.89. The molecule has 1 heterocycles. The first-order valence-electron chi connectivity index (χ1n) is 6.49. The van der Waals surface area contributed by atoms with Gasteiger partial charge in [0.1, 0.15) is 11.5 Å². The van der Waals surface area contributed by atoms with E-state index < -0.39 is 0 Å². The van der Waals surface area contributed by atoms with E-state index in [1.807, 2.05) is 12.1 Å². The van der Waals surface area contributed by atoms with Crippen LogP contribution in [0.1, 0.15) is 25.7 Å². The molecule has 0 spiro atoms. The van der Waals surface area contributed by atoms with E-state index in [2.05, 4.69) is 5.32 Å². The van der Waals surface area contributed by atoms with E-state index in [-0.39, 0.29) is 0 Å². The van der Waals surface area contributed by atoms with E-state index in [1.54, 1.807) is 13.2 Å². The molecule has 1 N–H and O–H groups in total. The smallest absolute Gasteiger partial charge is 0.138 e. The van der Waals surface area contributed by atoms with Crippen LogP contribution in [0, 0.1) is 0 Å². The summed E-state index contributed by atoms with van der Waals surface area (Å²) in [6, 6.07) is 6.08. The first-order valence-corrected chi connectivity index (χ1v) is 6.87. The third-order valence-electron chi connectivity index (χ3n) is 3.28. The van der Waals surface area contributed by atoms with E-state index in [0.29, 0.717) is 17.7 Å². The Labute approximate surface area is 113 Å². The minimum absolute atomic E-state index is 0.593. The van der Waals surface area contributed by atoms with Gasteiger partial charge in [-0.2, -0.15) is 0 Å². The fourth-order valence-corrected chi connectivity index (χ4v) is 2.43. The minimum atomic E-state index is 0.593. The van der Waals surface area contributed by atoms with Crippen molar-refractivity contribution < 1.29 is 9.47 Å². The second-order valence-corrected chi connectivity index (χ2v) is 4.99. The first-order chi connectivity index (χ1) is 8.79. The number of hydrogen-bond donors (Lipinski definition) is 1. The molecule has 0 radical (unpaired) electrons. The Morgan fingerprint density at radius 2 is 2.28 bits per heavy atom. The molecule has 1 fully saturated rings. The lowest BCUT2D eigenvalue weighted by Gasteiger charge is -2.23. The maximum absolute atomic E-state index is 6.11. The van der Waals surface area contributed by atoms with Crippen molar-refractivity contribution in [1.82, 2.24) is 5.32 Å². The summed E-state index contributed by atoms with van der Waals surface area (Å²) in [4.78, 5) is 0. The van der Waals surface area contributed by atoms with Gasteiger partial charge in [0.05, 0.1) is 18.7 Å². The SMILES string of the molecule is COc1ccc(OCC[C@H]2CCCCN2)c(Cl)c1. The largest absolute Gasteiger partial charge is 0.497 e. The van der Waals surface area contributed by atoms with E-state index in [4.69, 9.17) is 21.1 Å². The van der Waals surface area contributed by atoms with Gasteiger partial charge in [0.25, 0.3) is 0 Å². The molecule has 18 heavy (non-hydrogen) atoms. The lowest BCUT2D eigenvalue weighted by molar-refractivity contribution is 0.268. The number of methoxy groups -OCH3 is 1. The molecule has 1 saturated heterocycles. The van der Waals surface area contributed by atoms with Crippen LogP contribution in [0.2, 0.25) is 5.02 Å². The predicted molar refractivity (Wildman–Crippen MR) is 73.8 cm³/mol. The molecule has 0 amide bonds. The minimum Gasteiger partial charge on any atom is -0.497 e. The molecule has 3 nitrogen and oxygen atoms in total. The molecule has 1 aromatic rings. The molecule has 0 aliphatic carbocycles. The second kappa shape index (κ2) is 6.86. The van der Waals surface area contributed by atoms with Gasteiger partial charge in [-0.25, -0.2) is 0 Å². The van der Waals surface area contributed by atoms with Crippen molar-refractivity contribution in [2.75, 3.05) is 20.3 Å². The standard InChI is InChI=1S/C14H20ClNO2/c1-17-12-5-6-14(13(15)10-12)18-9-7-11-4-2-3-8-16-11/h5-6,10-11,16H,2-4,7-9H2,1H3/t11-/m1/s1. The molecular weight excluding hydrogens is 250 g/mol. The molecule has 0 unspecified atom stereocenters. The maximum Gasteiger partial charge on any atom is 0.138 e. The van der Waals surface area contributed by atoms with Crippen LogP contribution in [0.5, 0.6) is 11.5 Å². The average molecular weight is 270 g/mol. The van der Waals surface area contributed by atoms with Gasteiger partial charge in [-0.15, -0.1) is 0 Å². The highest BCUT2D eigenvalue weighted by Gasteiger charge is 2.12. The van der Waals surface area contributed by atoms with Crippen LogP contribution in [-0.4, -0.2) is 26.3 Å². The fourth-order valence-electron chi connectivity index (χ4n) is 2.21. The summed E-state index contributed by atoms with van der Waals surface area (Å²) in [5, 5.41) is 4.11. The van der Waals surface area contributed by atoms with Crippen LogP contribution in [-0.2, 0) is 0 Å². The van der Waals surface area contributed by atoms with Crippen LogP contribution < -0.4 is 14.8 Å². The van der Waals surface area contributed by atoms with Crippen molar-refractivity contribution in [3.8, 4) is 11.5 Å². The Balaban J connectivity index is 1.79. The van der Waals surface area contributed by atoms with Crippen LogP contribution >= 0.6 is 11.6 Å². The maximum atomic E-state index is 6.11. The van der Waals surface area contributed by atoms with Gasteiger partial charge in [-0.05, 0) is 37.9 Å². The monoisotopic (exact) mass is 269 g/mol. The average Bonchev–Trinajstić information content (AvgIpc) is 2.42. The molecule has 2 rings (SSSR count). The molecule has 1 aliphatic rings. The third kappa shape index (κ3) is 3.79. The summed E-state index contributed by atoms with van der Waals surface area (Å²) >= 11 is 6.11. The normalized spacial score (nSPS) is 19.6. The topological polar surface area (TPSA) is 30.5 Å². The third-order valence-corrected chi connectivity index (χ3v) is 3.57. The molecule has 0 aromatic heterocycles. The summed E-state index contributed by atoms with van der Waals surface area (Å²) in [5.41, 5.74) is 0. The Kier molecular flexibility index (Phi) is 5.14. The Hall–Kier alpha value is -0.930. The van der Waals surface area contributed by atoms with Crippen molar-refractivity contribution >= 4 is 11.6 Å². The quantitative estimate of drug-likeness (QED) is 0.890. The highest BCUT2D eigenvalue weighted by atomic mass is 35.5. The predicted octanol–water partition coefficient (Wildman–Crippen LogP) is 3.26. The molecule has 1 aromatic carbocycles. The molecule has 1 aliphatic heterocycles. The lowest BCUT2D eigenvalue weighted by Crippen LogP contribution is -2.35. The summed E-state index contributed by atoms with van der Waals surface area (Å²) < 4.78 is 10.8. The van der Waals surface area contributed by atoms with Gasteiger partial charge in [-0.3, -0.25) is 0 Å². The highest BCUT2D eigenvalue weighted by Crippen LogP contribution is 2.28. The van der Waals surface area contributed by atoms with Crippen LogP contribution in [0.3, 0.4) is 0 Å². The zero-order valence-electron chi connectivity index (χ0n) is 10.7. The van der Waals surface area contributed by atoms with Gasteiger partial charge in [0.2, 0.25) is 0 Å². The van der Waals surface area contributed by atoms with Crippen molar-refractivity contribution in [2.24, 2.45) is 0 Å². The molecule has 0 bridgehead atoms. The zero-order chi connectivity index (χ0) is 12.8. The number of ether oxygens (including phenoxy) is 2. The van der Waals surface area contributed by atoms with Crippen molar-refractivity contribution in [2.45, 2.75) is 31.7 Å². The second-order valence-electron chi connectivity index (χ2n) is 4.58. The van der Waals surface area contributed by atoms with Crippen molar-refractivity contribution in [3.05, 3.63) is 23.2 Å². The molecule has 100 valence electrons. The van der Waals surface area contributed by atoms with E-state index in [9.17, 15) is 0 Å². The van der Waals surface area contributed by atoms with Gasteiger partial charge in [-0.1, -0.05) is 18.0 Å². The van der Waals surface area contributed by atoms with Crippen LogP contribution in [0.25, 0.3) is 0 Å². The first kappa shape index (κ1) is 13.5. The molecular formula is C14H20ClNO2. The Morgan fingerprint density at radius 3 is 2.94 bits per heavy atom. The highest BCUT2D eigenvalue weighted by molar-refractivity contribution is 6.32. The zero-order valence-corrected chi connectivity index (χ0v) is 11.5. The van der Waals surface area contributed by atoms with E-state index in [0.717, 1.165) is 24.5 Å². The summed E-state index contributed by atoms with van der Waals surface area (Å²) in [6.45, 7) is 1.83. The van der Waals surface area contributed by atoms with E-state index in [1.165, 1.54) is 19.3 Å². The number of halogens is 1. The van der Waals surface area contributed by atoms with Gasteiger partial charge >= 0.3 is 0 Å². The Bertz CT molecular complexity index is 378. The summed E-state index contributed by atoms with van der Waals surface area (Å²) in [5.74, 6) is 1.48. The van der Waals surface area contributed by atoms with Crippen LogP contribution in [0.15, 0.2) is 18.2 Å². The number of hydrogen-bond acceptors (Lipinski definition) is 3. The number of nitrogens with one attached hydrogen (secondary N) is 1. The molecule has 4 heteroatoms. The van der Waals surface area contributed by atoms with E-state index >= 15 is 0 Å². The molecule has 0 saturated carbocycles. The Morgan fingerprint density at radius 1 is 1.39 bits per heavy atom. The van der Waals surface area contributed by atoms with Gasteiger partial charge in [0, 0.05) is 12.1 Å². The number of piperidine rings is 1. The van der Waals surface area contributed by atoms with Crippen LogP contribution in [0.4, 0.5) is 0 Å². The molecule has 1 atom stereocenters. The van der Waals surface area contributed by atoms with Gasteiger partial charge in [0.15, 0.2) is 0 Å². The van der Waals surface area contributed by atoms with Gasteiger partial charge < -0.3 is 14.8 Å². The lowest BCUT2D eigenvalue weighted by atomic mass is 10.0. The number of rotatable bonds is 5. The number of benzene rings is 1. The fraction of sp³-hybridized carbons (Fsp3) is 0.571. The van der Waals surface area contributed by atoms with Crippen molar-refractivity contribution in [1.29, 1.82) is 0 Å².